The van der Waals surface area contributed by atoms with Crippen molar-refractivity contribution in [3.8, 4) is 0 Å². The number of anilines is 1. The van der Waals surface area contributed by atoms with E-state index in [1.54, 1.807) is 6.08 Å². The third kappa shape index (κ3) is 4.88. The molecule has 20 heavy (non-hydrogen) atoms. The van der Waals surface area contributed by atoms with Crippen molar-refractivity contribution in [2.75, 3.05) is 18.4 Å². The summed E-state index contributed by atoms with van der Waals surface area (Å²) >= 11 is 0. The molecule has 0 aliphatic heterocycles. The summed E-state index contributed by atoms with van der Waals surface area (Å²) in [5.74, 6) is 0. The number of benzene rings is 1. The van der Waals surface area contributed by atoms with Crippen LogP contribution in [0.5, 0.6) is 0 Å². The highest BCUT2D eigenvalue weighted by atomic mass is 16.3. The van der Waals surface area contributed by atoms with Crippen molar-refractivity contribution in [3.63, 3.8) is 0 Å². The molecule has 0 unspecified atom stereocenters. The molecule has 106 valence electrons. The number of allylic oxidation sites excluding steroid dienone is 6. The van der Waals surface area contributed by atoms with E-state index >= 15 is 0 Å². The molecule has 0 radical (unpaired) electrons. The van der Waals surface area contributed by atoms with E-state index in [0.29, 0.717) is 0 Å². The van der Waals surface area contributed by atoms with Gasteiger partial charge in [-0.15, -0.1) is 0 Å². The predicted molar refractivity (Wildman–Crippen MR) is 85.2 cm³/mol. The molecule has 0 aliphatic rings. The lowest BCUT2D eigenvalue weighted by Gasteiger charge is -2.18. The summed E-state index contributed by atoms with van der Waals surface area (Å²) < 4.78 is 0. The van der Waals surface area contributed by atoms with E-state index in [-0.39, 0.29) is 13.5 Å². The lowest BCUT2D eigenvalue weighted by atomic mass is 10.1. The summed E-state index contributed by atoms with van der Waals surface area (Å²) in [7, 11) is 0. The lowest BCUT2D eigenvalue weighted by molar-refractivity contribution is 0.223. The zero-order valence-corrected chi connectivity index (χ0v) is 11.7. The Bertz CT molecular complexity index is 494. The van der Waals surface area contributed by atoms with Gasteiger partial charge in [-0.3, -0.25) is 0 Å². The quantitative estimate of drug-likeness (QED) is 0.591. The minimum absolute atomic E-state index is 0.209. The van der Waals surface area contributed by atoms with Gasteiger partial charge in [-0.2, -0.15) is 0 Å². The maximum absolute atomic E-state index is 9.07. The zero-order valence-electron chi connectivity index (χ0n) is 11.7. The fourth-order valence-electron chi connectivity index (χ4n) is 1.69. The number of rotatable bonds is 7. The molecule has 1 aromatic rings. The van der Waals surface area contributed by atoms with E-state index < -0.39 is 0 Å². The first-order valence-corrected chi connectivity index (χ1v) is 6.45. The second-order valence-corrected chi connectivity index (χ2v) is 4.15. The van der Waals surface area contributed by atoms with Crippen LogP contribution in [0.1, 0.15) is 12.5 Å². The van der Waals surface area contributed by atoms with E-state index in [2.05, 4.69) is 6.58 Å². The summed E-state index contributed by atoms with van der Waals surface area (Å²) in [4.78, 5) is 1.45. The van der Waals surface area contributed by atoms with Gasteiger partial charge in [0.1, 0.15) is 13.5 Å². The Kier molecular flexibility index (Phi) is 7.11. The van der Waals surface area contributed by atoms with Crippen LogP contribution in [-0.2, 0) is 0 Å². The monoisotopic (exact) mass is 271 g/mol. The van der Waals surface area contributed by atoms with Crippen LogP contribution in [0, 0.1) is 0 Å². The third-order valence-corrected chi connectivity index (χ3v) is 2.74. The van der Waals surface area contributed by atoms with Crippen molar-refractivity contribution in [1.82, 2.24) is 0 Å². The molecule has 0 aromatic heterocycles. The van der Waals surface area contributed by atoms with Gasteiger partial charge in [0, 0.05) is 5.69 Å². The molecule has 0 saturated heterocycles. The van der Waals surface area contributed by atoms with Crippen molar-refractivity contribution in [1.29, 1.82) is 0 Å². The van der Waals surface area contributed by atoms with Gasteiger partial charge in [0.05, 0.1) is 0 Å². The molecule has 0 bridgehead atoms. The van der Waals surface area contributed by atoms with Crippen molar-refractivity contribution in [3.05, 3.63) is 72.4 Å². The highest BCUT2D eigenvalue weighted by Gasteiger charge is 2.01. The van der Waals surface area contributed by atoms with Crippen LogP contribution in [0.2, 0.25) is 0 Å². The Balaban J connectivity index is 2.83. The Hall–Kier alpha value is -2.10. The van der Waals surface area contributed by atoms with Gasteiger partial charge in [-0.25, -0.2) is 0 Å². The molecule has 0 heterocycles. The second-order valence-electron chi connectivity index (χ2n) is 4.15. The van der Waals surface area contributed by atoms with Gasteiger partial charge in [0.25, 0.3) is 0 Å². The van der Waals surface area contributed by atoms with Gasteiger partial charge < -0.3 is 15.1 Å². The van der Waals surface area contributed by atoms with E-state index in [9.17, 15) is 0 Å². The smallest absolute Gasteiger partial charge is 0.117 e. The molecule has 2 N–H and O–H groups in total. The number of aliphatic hydroxyl groups is 2. The molecular weight excluding hydrogens is 250 g/mol. The average Bonchev–Trinajstić information content (AvgIpc) is 2.48. The topological polar surface area (TPSA) is 43.7 Å². The van der Waals surface area contributed by atoms with Gasteiger partial charge >= 0.3 is 0 Å². The fourth-order valence-corrected chi connectivity index (χ4v) is 1.69. The highest BCUT2D eigenvalue weighted by Crippen LogP contribution is 2.15. The number of hydrogen-bond acceptors (Lipinski definition) is 3. The van der Waals surface area contributed by atoms with Crippen LogP contribution >= 0.6 is 0 Å². The first-order chi connectivity index (χ1) is 9.74. The maximum Gasteiger partial charge on any atom is 0.117 e. The highest BCUT2D eigenvalue weighted by molar-refractivity contribution is 5.58. The minimum atomic E-state index is -0.209. The van der Waals surface area contributed by atoms with Crippen LogP contribution < -0.4 is 4.90 Å². The summed E-state index contributed by atoms with van der Waals surface area (Å²) in [6.45, 7) is 5.24. The molecule has 0 spiro atoms. The van der Waals surface area contributed by atoms with Gasteiger partial charge in [-0.1, -0.05) is 55.2 Å². The van der Waals surface area contributed by atoms with Gasteiger partial charge in [-0.05, 0) is 30.2 Å². The Morgan fingerprint density at radius 1 is 1.15 bits per heavy atom. The first kappa shape index (κ1) is 16.0. The van der Waals surface area contributed by atoms with E-state index in [1.807, 2.05) is 61.6 Å². The first-order valence-electron chi connectivity index (χ1n) is 6.45. The largest absolute Gasteiger partial charge is 0.376 e. The van der Waals surface area contributed by atoms with Crippen molar-refractivity contribution < 1.29 is 10.2 Å². The SMILES string of the molecule is C=C/C=C(\C=C/C)/C=C/c1ccc(N(CO)CO)cc1. The van der Waals surface area contributed by atoms with Crippen LogP contribution in [0.15, 0.2) is 66.8 Å². The average molecular weight is 271 g/mol. The number of nitrogens with zero attached hydrogens (tertiary/aromatic N) is 1. The summed E-state index contributed by atoms with van der Waals surface area (Å²) in [6.07, 6.45) is 11.7. The standard InChI is InChI=1S/C17H21NO2/c1-3-5-15(6-4-2)7-8-16-9-11-17(12-10-16)18(13-19)14-20/h3-12,19-20H,1,13-14H2,2H3/b6-4-,8-7+,15-5+. The van der Waals surface area contributed by atoms with Crippen molar-refractivity contribution in [2.45, 2.75) is 6.92 Å². The third-order valence-electron chi connectivity index (χ3n) is 2.74. The van der Waals surface area contributed by atoms with Gasteiger partial charge in [0.2, 0.25) is 0 Å². The molecule has 1 aromatic carbocycles. The van der Waals surface area contributed by atoms with Crippen LogP contribution in [0.25, 0.3) is 6.08 Å². The Morgan fingerprint density at radius 2 is 1.80 bits per heavy atom. The molecule has 0 saturated carbocycles. The molecule has 0 amide bonds. The van der Waals surface area contributed by atoms with Crippen LogP contribution in [0.4, 0.5) is 5.69 Å². The van der Waals surface area contributed by atoms with Crippen LogP contribution in [0.3, 0.4) is 0 Å². The zero-order chi connectivity index (χ0) is 14.8. The van der Waals surface area contributed by atoms with E-state index in [1.165, 1.54) is 4.90 Å². The fraction of sp³-hybridized carbons (Fsp3) is 0.176. The van der Waals surface area contributed by atoms with Crippen LogP contribution in [-0.4, -0.2) is 23.7 Å². The van der Waals surface area contributed by atoms with E-state index in [4.69, 9.17) is 10.2 Å². The molecular formula is C17H21NO2. The normalized spacial score (nSPS) is 12.2. The molecule has 1 rings (SSSR count). The lowest BCUT2D eigenvalue weighted by Crippen LogP contribution is -2.24. The molecule has 3 heteroatoms. The molecule has 0 aliphatic carbocycles. The number of aliphatic hydroxyl groups excluding tert-OH is 2. The maximum atomic E-state index is 9.07. The molecule has 3 nitrogen and oxygen atoms in total. The Morgan fingerprint density at radius 3 is 2.30 bits per heavy atom. The molecule has 0 fully saturated rings. The summed E-state index contributed by atoms with van der Waals surface area (Å²) in [5.41, 5.74) is 2.89. The number of hydrogen-bond donors (Lipinski definition) is 2. The molecule has 0 atom stereocenters. The van der Waals surface area contributed by atoms with Crippen molar-refractivity contribution >= 4 is 11.8 Å². The Labute approximate surface area is 120 Å². The summed E-state index contributed by atoms with van der Waals surface area (Å²) in [6, 6.07) is 7.59. The second kappa shape index (κ2) is 8.91. The minimum Gasteiger partial charge on any atom is -0.376 e. The van der Waals surface area contributed by atoms with E-state index in [0.717, 1.165) is 16.8 Å². The van der Waals surface area contributed by atoms with Gasteiger partial charge in [0.15, 0.2) is 0 Å². The van der Waals surface area contributed by atoms with Crippen molar-refractivity contribution in [2.24, 2.45) is 0 Å². The summed E-state index contributed by atoms with van der Waals surface area (Å²) in [5, 5.41) is 18.1. The predicted octanol–water partition coefficient (Wildman–Crippen LogP) is 3.09.